The van der Waals surface area contributed by atoms with Crippen LogP contribution in [0.3, 0.4) is 0 Å². The van der Waals surface area contributed by atoms with E-state index in [9.17, 15) is 0 Å². The molecule has 1 saturated heterocycles. The van der Waals surface area contributed by atoms with Crippen LogP contribution in [0.2, 0.25) is 0 Å². The molecule has 1 aliphatic rings. The summed E-state index contributed by atoms with van der Waals surface area (Å²) >= 11 is 0. The molecule has 1 aliphatic heterocycles. The second-order valence-corrected chi connectivity index (χ2v) is 6.09. The van der Waals surface area contributed by atoms with E-state index >= 15 is 0 Å². The Morgan fingerprint density at radius 2 is 1.88 bits per heavy atom. The molecule has 1 heterocycles. The molecule has 96 valence electrons. The van der Waals surface area contributed by atoms with Crippen molar-refractivity contribution in [2.45, 2.75) is 59.4 Å². The van der Waals surface area contributed by atoms with E-state index in [0.717, 1.165) is 6.54 Å². The number of likely N-dealkylation sites (tertiary alicyclic amines) is 1. The Balaban J connectivity index is 2.78. The maximum atomic E-state index is 6.02. The second kappa shape index (κ2) is 5.05. The van der Waals surface area contributed by atoms with Gasteiger partial charge in [-0.2, -0.15) is 0 Å². The Morgan fingerprint density at radius 3 is 2.19 bits per heavy atom. The van der Waals surface area contributed by atoms with Gasteiger partial charge < -0.3 is 5.73 Å². The number of hydrogen-bond acceptors (Lipinski definition) is 2. The fraction of sp³-hybridized carbons (Fsp3) is 1.00. The molecular weight excluding hydrogens is 196 g/mol. The third kappa shape index (κ3) is 2.28. The van der Waals surface area contributed by atoms with Crippen LogP contribution in [0.1, 0.15) is 53.9 Å². The molecule has 1 rings (SSSR count). The molecule has 0 amide bonds. The summed E-state index contributed by atoms with van der Waals surface area (Å²) in [4.78, 5) is 2.64. The summed E-state index contributed by atoms with van der Waals surface area (Å²) in [5.74, 6) is 0.627. The van der Waals surface area contributed by atoms with Gasteiger partial charge in [0.2, 0.25) is 0 Å². The highest BCUT2D eigenvalue weighted by Gasteiger charge is 2.43. The summed E-state index contributed by atoms with van der Waals surface area (Å²) in [6, 6.07) is 0. The summed E-state index contributed by atoms with van der Waals surface area (Å²) in [5, 5.41) is 0. The standard InChI is InChI=1S/C14H30N2/c1-6-14(7-2)8-9-16(11-14)13(5,10-15)12(3)4/h12H,6-11,15H2,1-5H3. The predicted molar refractivity (Wildman–Crippen MR) is 71.5 cm³/mol. The van der Waals surface area contributed by atoms with Gasteiger partial charge in [-0.3, -0.25) is 4.90 Å². The average molecular weight is 226 g/mol. The molecule has 1 atom stereocenters. The summed E-state index contributed by atoms with van der Waals surface area (Å²) in [6.45, 7) is 14.8. The van der Waals surface area contributed by atoms with Crippen LogP contribution < -0.4 is 5.73 Å². The molecule has 0 radical (unpaired) electrons. The molecular formula is C14H30N2. The van der Waals surface area contributed by atoms with Crippen LogP contribution in [0.15, 0.2) is 0 Å². The first-order valence-corrected chi connectivity index (χ1v) is 6.89. The molecule has 0 bridgehead atoms. The number of hydrogen-bond donors (Lipinski definition) is 1. The zero-order chi connectivity index (χ0) is 12.4. The summed E-state index contributed by atoms with van der Waals surface area (Å²) in [6.07, 6.45) is 3.96. The molecule has 0 aromatic rings. The maximum absolute atomic E-state index is 6.02. The highest BCUT2D eigenvalue weighted by Crippen LogP contribution is 2.41. The van der Waals surface area contributed by atoms with E-state index in [2.05, 4.69) is 39.5 Å². The van der Waals surface area contributed by atoms with Gasteiger partial charge in [0.15, 0.2) is 0 Å². The first-order chi connectivity index (χ1) is 7.44. The Morgan fingerprint density at radius 1 is 1.31 bits per heavy atom. The lowest BCUT2D eigenvalue weighted by Gasteiger charge is -2.42. The first-order valence-electron chi connectivity index (χ1n) is 6.89. The number of rotatable bonds is 5. The van der Waals surface area contributed by atoms with Crippen molar-refractivity contribution < 1.29 is 0 Å². The molecule has 0 saturated carbocycles. The molecule has 0 aromatic heterocycles. The molecule has 2 nitrogen and oxygen atoms in total. The lowest BCUT2D eigenvalue weighted by Crippen LogP contribution is -2.54. The van der Waals surface area contributed by atoms with Crippen molar-refractivity contribution in [1.82, 2.24) is 4.90 Å². The molecule has 2 N–H and O–H groups in total. The third-order valence-electron chi connectivity index (χ3n) is 5.32. The van der Waals surface area contributed by atoms with Gasteiger partial charge in [-0.15, -0.1) is 0 Å². The van der Waals surface area contributed by atoms with E-state index < -0.39 is 0 Å². The third-order valence-corrected chi connectivity index (χ3v) is 5.32. The average Bonchev–Trinajstić information content (AvgIpc) is 2.73. The van der Waals surface area contributed by atoms with Crippen molar-refractivity contribution in [2.75, 3.05) is 19.6 Å². The van der Waals surface area contributed by atoms with E-state index in [-0.39, 0.29) is 5.54 Å². The van der Waals surface area contributed by atoms with E-state index in [1.807, 2.05) is 0 Å². The molecule has 16 heavy (non-hydrogen) atoms. The molecule has 2 heteroatoms. The van der Waals surface area contributed by atoms with E-state index in [4.69, 9.17) is 5.73 Å². The van der Waals surface area contributed by atoms with Gasteiger partial charge in [0.05, 0.1) is 0 Å². The highest BCUT2D eigenvalue weighted by molar-refractivity contribution is 4.98. The highest BCUT2D eigenvalue weighted by atomic mass is 15.2. The van der Waals surface area contributed by atoms with Crippen molar-refractivity contribution >= 4 is 0 Å². The van der Waals surface area contributed by atoms with E-state index in [0.29, 0.717) is 11.3 Å². The fourth-order valence-corrected chi connectivity index (χ4v) is 2.93. The molecule has 0 aromatic carbocycles. The van der Waals surface area contributed by atoms with Gasteiger partial charge >= 0.3 is 0 Å². The van der Waals surface area contributed by atoms with Crippen molar-refractivity contribution in [2.24, 2.45) is 17.1 Å². The summed E-state index contributed by atoms with van der Waals surface area (Å²) < 4.78 is 0. The zero-order valence-electron chi connectivity index (χ0n) is 11.8. The van der Waals surface area contributed by atoms with Crippen LogP contribution in [0.25, 0.3) is 0 Å². The van der Waals surface area contributed by atoms with Crippen LogP contribution >= 0.6 is 0 Å². The van der Waals surface area contributed by atoms with Crippen molar-refractivity contribution in [1.29, 1.82) is 0 Å². The Hall–Kier alpha value is -0.0800. The largest absolute Gasteiger partial charge is 0.329 e. The topological polar surface area (TPSA) is 29.3 Å². The quantitative estimate of drug-likeness (QED) is 0.781. The lowest BCUT2D eigenvalue weighted by molar-refractivity contribution is 0.0766. The van der Waals surface area contributed by atoms with Gasteiger partial charge in [0, 0.05) is 18.6 Å². The Bertz CT molecular complexity index is 221. The fourth-order valence-electron chi connectivity index (χ4n) is 2.93. The monoisotopic (exact) mass is 226 g/mol. The lowest BCUT2D eigenvalue weighted by atomic mass is 9.81. The summed E-state index contributed by atoms with van der Waals surface area (Å²) in [7, 11) is 0. The van der Waals surface area contributed by atoms with Crippen LogP contribution in [0.5, 0.6) is 0 Å². The molecule has 0 aliphatic carbocycles. The Kier molecular flexibility index (Phi) is 4.42. The van der Waals surface area contributed by atoms with Gasteiger partial charge in [0.25, 0.3) is 0 Å². The second-order valence-electron chi connectivity index (χ2n) is 6.09. The van der Waals surface area contributed by atoms with Crippen LogP contribution in [0, 0.1) is 11.3 Å². The summed E-state index contributed by atoms with van der Waals surface area (Å²) in [5.41, 5.74) is 6.77. The van der Waals surface area contributed by atoms with Crippen LogP contribution in [0.4, 0.5) is 0 Å². The van der Waals surface area contributed by atoms with Gasteiger partial charge in [-0.25, -0.2) is 0 Å². The van der Waals surface area contributed by atoms with Crippen molar-refractivity contribution in [3.8, 4) is 0 Å². The van der Waals surface area contributed by atoms with Gasteiger partial charge in [-0.1, -0.05) is 27.7 Å². The maximum Gasteiger partial charge on any atom is 0.0326 e. The van der Waals surface area contributed by atoms with Gasteiger partial charge in [-0.05, 0) is 44.1 Å². The van der Waals surface area contributed by atoms with Crippen molar-refractivity contribution in [3.63, 3.8) is 0 Å². The zero-order valence-corrected chi connectivity index (χ0v) is 11.8. The van der Waals surface area contributed by atoms with Gasteiger partial charge in [0.1, 0.15) is 0 Å². The minimum atomic E-state index is 0.187. The Labute approximate surface area is 102 Å². The van der Waals surface area contributed by atoms with Crippen LogP contribution in [-0.2, 0) is 0 Å². The van der Waals surface area contributed by atoms with E-state index in [1.54, 1.807) is 0 Å². The molecule has 1 fully saturated rings. The molecule has 1 unspecified atom stereocenters. The van der Waals surface area contributed by atoms with E-state index in [1.165, 1.54) is 32.4 Å². The van der Waals surface area contributed by atoms with Crippen LogP contribution in [-0.4, -0.2) is 30.1 Å². The number of nitrogens with zero attached hydrogens (tertiary/aromatic N) is 1. The smallest absolute Gasteiger partial charge is 0.0326 e. The normalized spacial score (nSPS) is 24.9. The first kappa shape index (κ1) is 14.0. The SMILES string of the molecule is CCC1(CC)CCN(C(C)(CN)C(C)C)C1. The minimum Gasteiger partial charge on any atom is -0.329 e. The molecule has 0 spiro atoms. The minimum absolute atomic E-state index is 0.187. The number of nitrogens with two attached hydrogens (primary N) is 1. The predicted octanol–water partition coefficient (Wildman–Crippen LogP) is 2.87. The van der Waals surface area contributed by atoms with Crippen molar-refractivity contribution in [3.05, 3.63) is 0 Å².